The van der Waals surface area contributed by atoms with Gasteiger partial charge in [0, 0.05) is 33.9 Å². The van der Waals surface area contributed by atoms with E-state index in [1.165, 1.54) is 5.56 Å². The number of pyridine rings is 1. The first-order valence-electron chi connectivity index (χ1n) is 9.88. The first-order chi connectivity index (χ1) is 14.8. The average molecular weight is 479 g/mol. The van der Waals surface area contributed by atoms with Crippen molar-refractivity contribution in [3.8, 4) is 0 Å². The van der Waals surface area contributed by atoms with Gasteiger partial charge in [-0.05, 0) is 54.7 Å². The highest BCUT2D eigenvalue weighted by Gasteiger charge is 2.21. The second-order valence-electron chi connectivity index (χ2n) is 7.30. The van der Waals surface area contributed by atoms with Gasteiger partial charge in [0.2, 0.25) is 0 Å². The van der Waals surface area contributed by atoms with Crippen LogP contribution in [0.15, 0.2) is 52.6 Å². The number of rotatable bonds is 9. The van der Waals surface area contributed by atoms with Crippen molar-refractivity contribution < 1.29 is 9.53 Å². The molecule has 0 aliphatic rings. The zero-order valence-corrected chi connectivity index (χ0v) is 19.7. The van der Waals surface area contributed by atoms with Crippen LogP contribution in [0.5, 0.6) is 0 Å². The molecule has 0 radical (unpaired) electrons. The van der Waals surface area contributed by atoms with Crippen molar-refractivity contribution >= 4 is 41.1 Å². The molecule has 2 N–H and O–H groups in total. The molecular formula is C22H24Cl2N4O2S. The van der Waals surface area contributed by atoms with E-state index in [2.05, 4.69) is 23.4 Å². The number of amides is 1. The molecule has 6 nitrogen and oxygen atoms in total. The maximum atomic E-state index is 11.2. The van der Waals surface area contributed by atoms with Crippen LogP contribution in [0, 0.1) is 0 Å². The maximum Gasteiger partial charge on any atom is 0.404 e. The Kier molecular flexibility index (Phi) is 8.23. The number of imidazole rings is 1. The molecule has 0 atom stereocenters. The molecule has 3 aromatic rings. The zero-order chi connectivity index (χ0) is 22.4. The lowest BCUT2D eigenvalue weighted by Crippen LogP contribution is -2.15. The minimum Gasteiger partial charge on any atom is -0.442 e. The van der Waals surface area contributed by atoms with Gasteiger partial charge in [-0.15, -0.1) is 0 Å². The molecule has 0 aliphatic carbocycles. The Morgan fingerprint density at radius 3 is 2.48 bits per heavy atom. The molecule has 0 saturated carbocycles. The van der Waals surface area contributed by atoms with Gasteiger partial charge in [0.1, 0.15) is 10.9 Å². The number of primary amides is 1. The Balaban J connectivity index is 1.93. The predicted molar refractivity (Wildman–Crippen MR) is 124 cm³/mol. The predicted octanol–water partition coefficient (Wildman–Crippen LogP) is 6.09. The topological polar surface area (TPSA) is 83.0 Å². The summed E-state index contributed by atoms with van der Waals surface area (Å²) in [5.41, 5.74) is 7.33. The van der Waals surface area contributed by atoms with Gasteiger partial charge >= 0.3 is 6.09 Å². The molecule has 0 bridgehead atoms. The third-order valence-electron chi connectivity index (χ3n) is 4.56. The van der Waals surface area contributed by atoms with E-state index in [-0.39, 0.29) is 12.5 Å². The van der Waals surface area contributed by atoms with Crippen molar-refractivity contribution in [3.63, 3.8) is 0 Å². The second kappa shape index (κ2) is 10.9. The van der Waals surface area contributed by atoms with E-state index in [9.17, 15) is 4.79 Å². The molecule has 2 heterocycles. The quantitative estimate of drug-likeness (QED) is 0.402. The van der Waals surface area contributed by atoms with Crippen molar-refractivity contribution in [2.45, 2.75) is 55.7 Å². The Bertz CT molecular complexity index is 1020. The van der Waals surface area contributed by atoms with Crippen molar-refractivity contribution in [3.05, 3.63) is 69.9 Å². The van der Waals surface area contributed by atoms with Crippen LogP contribution in [-0.2, 0) is 24.3 Å². The van der Waals surface area contributed by atoms with Crippen LogP contribution in [-0.4, -0.2) is 20.6 Å². The molecule has 0 aliphatic heterocycles. The number of hydrogen-bond acceptors (Lipinski definition) is 5. The number of carbonyl (C=O) groups is 1. The van der Waals surface area contributed by atoms with E-state index in [0.29, 0.717) is 22.4 Å². The summed E-state index contributed by atoms with van der Waals surface area (Å²) in [5, 5.41) is 2.12. The number of nitrogens with two attached hydrogens (primary N) is 1. The summed E-state index contributed by atoms with van der Waals surface area (Å²) in [6.45, 7) is 4.88. The molecule has 0 unspecified atom stereocenters. The number of ether oxygens (including phenoxy) is 1. The lowest BCUT2D eigenvalue weighted by molar-refractivity contribution is 0.145. The standard InChI is InChI=1S/C22H24Cl2N4O2S/c1-14(2)20-21(31-18-11-16(23)10-17(24)12-18)28(19(27-20)13-30-22(25)29)9-3-4-15-5-7-26-8-6-15/h5-8,10-12,14H,3-4,9,13H2,1-2H3,(H2,25,29). The third kappa shape index (κ3) is 6.63. The molecular weight excluding hydrogens is 455 g/mol. The second-order valence-corrected chi connectivity index (χ2v) is 9.23. The van der Waals surface area contributed by atoms with E-state index in [0.717, 1.165) is 28.5 Å². The van der Waals surface area contributed by atoms with Crippen molar-refractivity contribution in [1.82, 2.24) is 14.5 Å². The number of carbonyl (C=O) groups excluding carboxylic acids is 1. The van der Waals surface area contributed by atoms with Gasteiger partial charge < -0.3 is 15.0 Å². The molecule has 2 aromatic heterocycles. The molecule has 31 heavy (non-hydrogen) atoms. The lowest BCUT2D eigenvalue weighted by Gasteiger charge is -2.14. The molecule has 1 aromatic carbocycles. The molecule has 3 rings (SSSR count). The molecule has 0 saturated heterocycles. The van der Waals surface area contributed by atoms with Crippen LogP contribution in [0.25, 0.3) is 0 Å². The monoisotopic (exact) mass is 478 g/mol. The van der Waals surface area contributed by atoms with Crippen LogP contribution in [0.1, 0.15) is 43.3 Å². The minimum absolute atomic E-state index is 0.0151. The van der Waals surface area contributed by atoms with Crippen LogP contribution in [0.2, 0.25) is 10.0 Å². The van der Waals surface area contributed by atoms with Crippen molar-refractivity contribution in [1.29, 1.82) is 0 Å². The number of aryl methyl sites for hydroxylation is 1. The van der Waals surface area contributed by atoms with Gasteiger partial charge in [-0.1, -0.05) is 48.8 Å². The lowest BCUT2D eigenvalue weighted by atomic mass is 10.1. The van der Waals surface area contributed by atoms with E-state index in [4.69, 9.17) is 38.7 Å². The van der Waals surface area contributed by atoms with Gasteiger partial charge in [0.15, 0.2) is 6.61 Å². The molecule has 9 heteroatoms. The SMILES string of the molecule is CC(C)c1nc(COC(N)=O)n(CCCc2ccncc2)c1Sc1cc(Cl)cc(Cl)c1. The number of benzene rings is 1. The van der Waals surface area contributed by atoms with Gasteiger partial charge in [-0.2, -0.15) is 0 Å². The Labute approximate surface area is 196 Å². The highest BCUT2D eigenvalue weighted by Crippen LogP contribution is 2.37. The highest BCUT2D eigenvalue weighted by molar-refractivity contribution is 7.99. The van der Waals surface area contributed by atoms with Crippen LogP contribution >= 0.6 is 35.0 Å². The molecule has 1 amide bonds. The molecule has 0 fully saturated rings. The van der Waals surface area contributed by atoms with Crippen LogP contribution in [0.4, 0.5) is 4.79 Å². The van der Waals surface area contributed by atoms with Gasteiger partial charge in [-0.25, -0.2) is 9.78 Å². The third-order valence-corrected chi connectivity index (χ3v) is 6.09. The minimum atomic E-state index is -0.826. The summed E-state index contributed by atoms with van der Waals surface area (Å²) in [7, 11) is 0. The first-order valence-corrected chi connectivity index (χ1v) is 11.4. The first kappa shape index (κ1) is 23.4. The average Bonchev–Trinajstić information content (AvgIpc) is 3.04. The summed E-state index contributed by atoms with van der Waals surface area (Å²) < 4.78 is 7.16. The van der Waals surface area contributed by atoms with E-state index in [1.54, 1.807) is 30.2 Å². The smallest absolute Gasteiger partial charge is 0.404 e. The summed E-state index contributed by atoms with van der Waals surface area (Å²) in [6, 6.07) is 9.46. The van der Waals surface area contributed by atoms with E-state index >= 15 is 0 Å². The summed E-state index contributed by atoms with van der Waals surface area (Å²) in [5.74, 6) is 0.832. The number of hydrogen-bond donors (Lipinski definition) is 1. The summed E-state index contributed by atoms with van der Waals surface area (Å²) in [4.78, 5) is 21.0. The van der Waals surface area contributed by atoms with Crippen molar-refractivity contribution in [2.75, 3.05) is 0 Å². The fourth-order valence-electron chi connectivity index (χ4n) is 3.15. The number of aromatic nitrogens is 3. The van der Waals surface area contributed by atoms with Gasteiger partial charge in [0.25, 0.3) is 0 Å². The Morgan fingerprint density at radius 1 is 1.19 bits per heavy atom. The molecule has 164 valence electrons. The highest BCUT2D eigenvalue weighted by atomic mass is 35.5. The molecule has 0 spiro atoms. The van der Waals surface area contributed by atoms with Gasteiger partial charge in [-0.3, -0.25) is 4.98 Å². The van der Waals surface area contributed by atoms with Gasteiger partial charge in [0.05, 0.1) is 5.69 Å². The summed E-state index contributed by atoms with van der Waals surface area (Å²) in [6.07, 6.45) is 4.53. The number of nitrogens with zero attached hydrogens (tertiary/aromatic N) is 3. The maximum absolute atomic E-state index is 11.2. The van der Waals surface area contributed by atoms with Crippen LogP contribution in [0.3, 0.4) is 0 Å². The van der Waals surface area contributed by atoms with E-state index in [1.807, 2.05) is 24.3 Å². The fourth-order valence-corrected chi connectivity index (χ4v) is 5.10. The number of halogens is 2. The fraction of sp³-hybridized carbons (Fsp3) is 0.318. The zero-order valence-electron chi connectivity index (χ0n) is 17.3. The largest absolute Gasteiger partial charge is 0.442 e. The summed E-state index contributed by atoms with van der Waals surface area (Å²) >= 11 is 14.0. The normalized spacial score (nSPS) is 11.1. The van der Waals surface area contributed by atoms with Crippen molar-refractivity contribution in [2.24, 2.45) is 5.73 Å². The van der Waals surface area contributed by atoms with Crippen LogP contribution < -0.4 is 5.73 Å². The Hall–Kier alpha value is -2.22. The van der Waals surface area contributed by atoms with E-state index < -0.39 is 6.09 Å². The Morgan fingerprint density at radius 2 is 1.87 bits per heavy atom.